The van der Waals surface area contributed by atoms with Crippen LogP contribution < -0.4 is 14.7 Å². The Balaban J connectivity index is 1.64. The number of amides is 2. The number of hydrogen-bond donors (Lipinski definition) is 1. The van der Waals surface area contributed by atoms with Crippen molar-refractivity contribution >= 4 is 56.4 Å². The van der Waals surface area contributed by atoms with Gasteiger partial charge >= 0.3 is 0 Å². The predicted octanol–water partition coefficient (Wildman–Crippen LogP) is 5.17. The number of nitro groups is 1. The standard InChI is InChI=1S/C25H19BrClN3O7/c1-2-36-19-11-13(10-18(26)22(19)31)21-20-23(37-29(21)16-4-3-5-17(12-16)30(34)35)25(33)28(24(20)32)15-8-6-14(27)7-9-15/h3-12,20-21,23,31H,2H2,1H3/t20-,21-,23+/m1/s1. The van der Waals surface area contributed by atoms with Crippen molar-refractivity contribution in [2.24, 2.45) is 5.92 Å². The Morgan fingerprint density at radius 1 is 1.11 bits per heavy atom. The van der Waals surface area contributed by atoms with Gasteiger partial charge in [0, 0.05) is 17.2 Å². The maximum absolute atomic E-state index is 13.7. The Morgan fingerprint density at radius 2 is 1.84 bits per heavy atom. The molecule has 1 N–H and O–H groups in total. The van der Waals surface area contributed by atoms with E-state index in [2.05, 4.69) is 15.9 Å². The quantitative estimate of drug-likeness (QED) is 0.238. The van der Waals surface area contributed by atoms with E-state index < -0.39 is 34.8 Å². The number of carbonyl (C=O) groups is 2. The van der Waals surface area contributed by atoms with Crippen molar-refractivity contribution in [2.75, 3.05) is 16.6 Å². The molecule has 2 saturated heterocycles. The molecule has 0 aliphatic carbocycles. The van der Waals surface area contributed by atoms with Gasteiger partial charge in [0.15, 0.2) is 17.6 Å². The average Bonchev–Trinajstić information content (AvgIpc) is 3.38. The van der Waals surface area contributed by atoms with Gasteiger partial charge in [0.25, 0.3) is 11.6 Å². The third-order valence-electron chi connectivity index (χ3n) is 6.19. The lowest BCUT2D eigenvalue weighted by atomic mass is 9.90. The average molecular weight is 589 g/mol. The van der Waals surface area contributed by atoms with Gasteiger partial charge in [0.2, 0.25) is 5.91 Å². The first kappa shape index (κ1) is 25.0. The van der Waals surface area contributed by atoms with E-state index in [1.165, 1.54) is 23.3 Å². The molecule has 2 heterocycles. The van der Waals surface area contributed by atoms with E-state index in [1.807, 2.05) is 0 Å². The van der Waals surface area contributed by atoms with Gasteiger partial charge in [-0.2, -0.15) is 0 Å². The van der Waals surface area contributed by atoms with Crippen molar-refractivity contribution in [1.29, 1.82) is 0 Å². The summed E-state index contributed by atoms with van der Waals surface area (Å²) < 4.78 is 5.87. The first-order valence-corrected chi connectivity index (χ1v) is 12.4. The number of halogens is 2. The van der Waals surface area contributed by atoms with Crippen LogP contribution in [0.4, 0.5) is 17.1 Å². The first-order chi connectivity index (χ1) is 17.7. The molecule has 2 fully saturated rings. The summed E-state index contributed by atoms with van der Waals surface area (Å²) in [4.78, 5) is 45.2. The third-order valence-corrected chi connectivity index (χ3v) is 7.04. The Morgan fingerprint density at radius 3 is 2.51 bits per heavy atom. The number of hydroxylamine groups is 1. The second kappa shape index (κ2) is 9.66. The molecule has 12 heteroatoms. The number of phenols is 1. The van der Waals surface area contributed by atoms with Crippen molar-refractivity contribution in [1.82, 2.24) is 0 Å². The van der Waals surface area contributed by atoms with Crippen LogP contribution in [0.15, 0.2) is 65.1 Å². The molecule has 3 aromatic carbocycles. The number of nitrogens with zero attached hydrogens (tertiary/aromatic N) is 3. The largest absolute Gasteiger partial charge is 0.503 e. The fraction of sp³-hybridized carbons (Fsp3) is 0.200. The van der Waals surface area contributed by atoms with Gasteiger partial charge in [-0.25, -0.2) is 9.96 Å². The van der Waals surface area contributed by atoms with Crippen LogP contribution in [0.3, 0.4) is 0 Å². The lowest BCUT2D eigenvalue weighted by molar-refractivity contribution is -0.384. The van der Waals surface area contributed by atoms with Gasteiger partial charge in [0.05, 0.1) is 33.4 Å². The Labute approximate surface area is 224 Å². The molecule has 0 radical (unpaired) electrons. The maximum Gasteiger partial charge on any atom is 0.271 e. The Hall–Kier alpha value is -3.67. The third kappa shape index (κ3) is 4.28. The SMILES string of the molecule is CCOc1cc([C@@H]2[C@H]3C(=O)N(c4ccc(Cl)cc4)C(=O)[C@H]3ON2c2cccc([N+](=O)[O-])c2)cc(Br)c1O. The molecule has 190 valence electrons. The number of aromatic hydroxyl groups is 1. The summed E-state index contributed by atoms with van der Waals surface area (Å²) in [6.07, 6.45) is -1.18. The monoisotopic (exact) mass is 587 g/mol. The Bertz CT molecular complexity index is 1420. The summed E-state index contributed by atoms with van der Waals surface area (Å²) in [5, 5.41) is 23.6. The summed E-state index contributed by atoms with van der Waals surface area (Å²) in [5.41, 5.74) is 0.944. The second-order valence-corrected chi connectivity index (χ2v) is 9.66. The van der Waals surface area contributed by atoms with Gasteiger partial charge in [-0.15, -0.1) is 0 Å². The molecule has 37 heavy (non-hydrogen) atoms. The molecular formula is C25H19BrClN3O7. The van der Waals surface area contributed by atoms with Crippen molar-refractivity contribution in [3.63, 3.8) is 0 Å². The van der Waals surface area contributed by atoms with Crippen LogP contribution in [0.5, 0.6) is 11.5 Å². The molecule has 2 aliphatic heterocycles. The number of anilines is 2. The number of fused-ring (bicyclic) bond motifs is 1. The summed E-state index contributed by atoms with van der Waals surface area (Å²) in [7, 11) is 0. The van der Waals surface area contributed by atoms with E-state index >= 15 is 0 Å². The summed E-state index contributed by atoms with van der Waals surface area (Å²) in [5.74, 6) is -2.02. The summed E-state index contributed by atoms with van der Waals surface area (Å²) in [6, 6.07) is 14.3. The number of rotatable bonds is 6. The molecule has 2 aliphatic rings. The molecule has 0 spiro atoms. The maximum atomic E-state index is 13.7. The minimum Gasteiger partial charge on any atom is -0.503 e. The smallest absolute Gasteiger partial charge is 0.271 e. The second-order valence-electron chi connectivity index (χ2n) is 8.37. The van der Waals surface area contributed by atoms with Crippen LogP contribution in [0.2, 0.25) is 5.02 Å². The minimum absolute atomic E-state index is 0.125. The topological polar surface area (TPSA) is 122 Å². The van der Waals surface area contributed by atoms with Gasteiger partial charge in [-0.05, 0) is 70.9 Å². The zero-order valence-electron chi connectivity index (χ0n) is 19.2. The molecule has 0 saturated carbocycles. The predicted molar refractivity (Wildman–Crippen MR) is 138 cm³/mol. The fourth-order valence-electron chi connectivity index (χ4n) is 4.60. The number of phenolic OH excluding ortho intramolecular Hbond substituents is 1. The lowest BCUT2D eigenvalue weighted by Gasteiger charge is -2.29. The summed E-state index contributed by atoms with van der Waals surface area (Å²) in [6.45, 7) is 2.03. The lowest BCUT2D eigenvalue weighted by Crippen LogP contribution is -2.37. The molecule has 5 rings (SSSR count). The van der Waals surface area contributed by atoms with E-state index in [0.29, 0.717) is 20.7 Å². The molecule has 3 aromatic rings. The molecule has 0 unspecified atom stereocenters. The van der Waals surface area contributed by atoms with Crippen molar-refractivity contribution in [3.05, 3.63) is 85.8 Å². The first-order valence-electron chi connectivity index (χ1n) is 11.2. The van der Waals surface area contributed by atoms with Crippen molar-refractivity contribution < 1.29 is 29.2 Å². The number of hydrogen-bond acceptors (Lipinski definition) is 8. The van der Waals surface area contributed by atoms with Crippen LogP contribution in [0, 0.1) is 16.0 Å². The highest BCUT2D eigenvalue weighted by atomic mass is 79.9. The van der Waals surface area contributed by atoms with Gasteiger partial charge in [-0.1, -0.05) is 17.7 Å². The van der Waals surface area contributed by atoms with Crippen molar-refractivity contribution in [3.8, 4) is 11.5 Å². The highest BCUT2D eigenvalue weighted by Crippen LogP contribution is 2.50. The zero-order valence-corrected chi connectivity index (χ0v) is 21.5. The molecule has 10 nitrogen and oxygen atoms in total. The molecule has 2 amide bonds. The van der Waals surface area contributed by atoms with E-state index in [4.69, 9.17) is 21.2 Å². The molecular weight excluding hydrogens is 570 g/mol. The van der Waals surface area contributed by atoms with Crippen molar-refractivity contribution in [2.45, 2.75) is 19.1 Å². The van der Waals surface area contributed by atoms with Crippen LogP contribution >= 0.6 is 27.5 Å². The van der Waals surface area contributed by atoms with E-state index in [9.17, 15) is 24.8 Å². The van der Waals surface area contributed by atoms with Crippen LogP contribution in [-0.4, -0.2) is 34.6 Å². The van der Waals surface area contributed by atoms with Crippen LogP contribution in [0.25, 0.3) is 0 Å². The number of benzene rings is 3. The van der Waals surface area contributed by atoms with Gasteiger partial charge in [0.1, 0.15) is 5.92 Å². The minimum atomic E-state index is -1.18. The normalized spacial score (nSPS) is 20.9. The van der Waals surface area contributed by atoms with Crippen LogP contribution in [0.1, 0.15) is 18.5 Å². The highest BCUT2D eigenvalue weighted by molar-refractivity contribution is 9.10. The number of non-ortho nitro benzene ring substituents is 1. The van der Waals surface area contributed by atoms with Gasteiger partial charge < -0.3 is 9.84 Å². The van der Waals surface area contributed by atoms with E-state index in [-0.39, 0.29) is 29.5 Å². The highest BCUT2D eigenvalue weighted by Gasteiger charge is 2.60. The number of nitro benzene ring substituents is 1. The van der Waals surface area contributed by atoms with E-state index in [1.54, 1.807) is 49.4 Å². The number of imide groups is 1. The Kier molecular flexibility index (Phi) is 6.52. The zero-order chi connectivity index (χ0) is 26.4. The van der Waals surface area contributed by atoms with E-state index in [0.717, 1.165) is 4.90 Å². The van der Waals surface area contributed by atoms with Gasteiger partial charge in [-0.3, -0.25) is 24.5 Å². The molecule has 3 atom stereocenters. The molecule has 0 bridgehead atoms. The summed E-state index contributed by atoms with van der Waals surface area (Å²) >= 11 is 9.30. The number of carbonyl (C=O) groups excluding carboxylic acids is 2. The van der Waals surface area contributed by atoms with Crippen LogP contribution in [-0.2, 0) is 14.4 Å². The number of ether oxygens (including phenoxy) is 1. The molecule has 0 aromatic heterocycles. The fourth-order valence-corrected chi connectivity index (χ4v) is 5.18.